The number of carbonyl (C=O) groups is 1. The largest absolute Gasteiger partial charge is 0.379 e. The van der Waals surface area contributed by atoms with Gasteiger partial charge in [0.1, 0.15) is 0 Å². The van der Waals surface area contributed by atoms with Crippen LogP contribution in [-0.4, -0.2) is 49.2 Å². The Balaban J connectivity index is 1.93. The second-order valence-electron chi connectivity index (χ2n) is 5.92. The third kappa shape index (κ3) is 3.59. The van der Waals surface area contributed by atoms with Crippen LogP contribution in [-0.2, 0) is 4.74 Å². The van der Waals surface area contributed by atoms with Gasteiger partial charge >= 0.3 is 0 Å². The van der Waals surface area contributed by atoms with Gasteiger partial charge < -0.3 is 10.1 Å². The quantitative estimate of drug-likeness (QED) is 0.926. The van der Waals surface area contributed by atoms with Crippen LogP contribution in [0.4, 0.5) is 0 Å². The van der Waals surface area contributed by atoms with Crippen molar-refractivity contribution in [1.82, 2.24) is 10.2 Å². The van der Waals surface area contributed by atoms with Crippen LogP contribution in [0.25, 0.3) is 0 Å². The molecule has 1 amide bonds. The zero-order chi connectivity index (χ0) is 14.8. The third-order valence-electron chi connectivity index (χ3n) is 3.83. The average Bonchev–Trinajstić information content (AvgIpc) is 2.76. The summed E-state index contributed by atoms with van der Waals surface area (Å²) in [7, 11) is 0. The monoisotopic (exact) mass is 296 g/mol. The number of ether oxygens (including phenoxy) is 1. The summed E-state index contributed by atoms with van der Waals surface area (Å²) < 4.78 is 5.38. The van der Waals surface area contributed by atoms with Gasteiger partial charge in [-0.15, -0.1) is 11.3 Å². The van der Waals surface area contributed by atoms with Crippen LogP contribution in [0.5, 0.6) is 0 Å². The molecule has 4 nitrogen and oxygen atoms in total. The fourth-order valence-corrected chi connectivity index (χ4v) is 3.45. The number of nitrogens with one attached hydrogen (secondary N) is 1. The third-order valence-corrected chi connectivity index (χ3v) is 4.80. The minimum Gasteiger partial charge on any atom is -0.379 e. The minimum atomic E-state index is -0.0432. The summed E-state index contributed by atoms with van der Waals surface area (Å²) >= 11 is 1.67. The molecule has 1 saturated heterocycles. The maximum atomic E-state index is 12.3. The molecule has 2 rings (SSSR count). The first-order chi connectivity index (χ1) is 9.40. The number of carbonyl (C=O) groups excluding carboxylic acids is 1. The molecule has 0 aliphatic carbocycles. The van der Waals surface area contributed by atoms with E-state index >= 15 is 0 Å². The van der Waals surface area contributed by atoms with Gasteiger partial charge in [0.15, 0.2) is 0 Å². The van der Waals surface area contributed by atoms with Crippen molar-refractivity contribution in [3.63, 3.8) is 0 Å². The molecule has 1 fully saturated rings. The van der Waals surface area contributed by atoms with Crippen molar-refractivity contribution in [1.29, 1.82) is 0 Å². The first-order valence-electron chi connectivity index (χ1n) is 7.08. The molecular formula is C15H24N2O2S. The Morgan fingerprint density at radius 3 is 2.60 bits per heavy atom. The highest BCUT2D eigenvalue weighted by atomic mass is 32.1. The van der Waals surface area contributed by atoms with Gasteiger partial charge in [-0.3, -0.25) is 9.69 Å². The van der Waals surface area contributed by atoms with Crippen molar-refractivity contribution in [2.24, 2.45) is 0 Å². The van der Waals surface area contributed by atoms with Crippen molar-refractivity contribution in [2.75, 3.05) is 32.8 Å². The lowest BCUT2D eigenvalue weighted by molar-refractivity contribution is -0.00923. The number of morpholine rings is 1. The van der Waals surface area contributed by atoms with Crippen molar-refractivity contribution >= 4 is 17.2 Å². The van der Waals surface area contributed by atoms with Gasteiger partial charge in [0.05, 0.1) is 18.8 Å². The molecule has 1 N–H and O–H groups in total. The van der Waals surface area contributed by atoms with E-state index < -0.39 is 0 Å². The minimum absolute atomic E-state index is 0.0354. The lowest BCUT2D eigenvalue weighted by Crippen LogP contribution is -2.55. The SMILES string of the molecule is Cc1cc(C(=O)NCC(C)(C)N2CCOCC2)c(C)s1. The molecule has 112 valence electrons. The molecule has 1 aliphatic heterocycles. The maximum Gasteiger partial charge on any atom is 0.252 e. The van der Waals surface area contributed by atoms with E-state index in [9.17, 15) is 4.79 Å². The molecule has 1 aliphatic rings. The first kappa shape index (κ1) is 15.5. The number of nitrogens with zero attached hydrogens (tertiary/aromatic N) is 1. The van der Waals surface area contributed by atoms with Crippen molar-refractivity contribution in [3.8, 4) is 0 Å². The van der Waals surface area contributed by atoms with Gasteiger partial charge in [0, 0.05) is 34.9 Å². The lowest BCUT2D eigenvalue weighted by atomic mass is 10.0. The summed E-state index contributed by atoms with van der Waals surface area (Å²) in [6.07, 6.45) is 0. The summed E-state index contributed by atoms with van der Waals surface area (Å²) in [6.45, 7) is 12.4. The molecule has 2 heterocycles. The molecule has 20 heavy (non-hydrogen) atoms. The number of hydrogen-bond donors (Lipinski definition) is 1. The Morgan fingerprint density at radius 1 is 1.40 bits per heavy atom. The standard InChI is InChI=1S/C15H24N2O2S/c1-11-9-13(12(2)20-11)14(18)16-10-15(3,4)17-5-7-19-8-6-17/h9H,5-8,10H2,1-4H3,(H,16,18). The van der Waals surface area contributed by atoms with Gasteiger partial charge in [-0.2, -0.15) is 0 Å². The van der Waals surface area contributed by atoms with Crippen LogP contribution in [0.1, 0.15) is 34.0 Å². The molecule has 0 radical (unpaired) electrons. The van der Waals surface area contributed by atoms with Crippen LogP contribution >= 0.6 is 11.3 Å². The van der Waals surface area contributed by atoms with E-state index in [2.05, 4.69) is 24.1 Å². The van der Waals surface area contributed by atoms with Gasteiger partial charge in [-0.25, -0.2) is 0 Å². The van der Waals surface area contributed by atoms with Crippen LogP contribution in [0.2, 0.25) is 0 Å². The highest BCUT2D eigenvalue weighted by Crippen LogP contribution is 2.21. The molecular weight excluding hydrogens is 272 g/mol. The Labute approximate surface area is 125 Å². The zero-order valence-corrected chi connectivity index (χ0v) is 13.6. The van der Waals surface area contributed by atoms with Crippen molar-refractivity contribution in [2.45, 2.75) is 33.2 Å². The van der Waals surface area contributed by atoms with Gasteiger partial charge in [-0.1, -0.05) is 0 Å². The second-order valence-corrected chi connectivity index (χ2v) is 7.38. The van der Waals surface area contributed by atoms with Crippen molar-refractivity contribution in [3.05, 3.63) is 21.4 Å². The number of hydrogen-bond acceptors (Lipinski definition) is 4. The maximum absolute atomic E-state index is 12.3. The fraction of sp³-hybridized carbons (Fsp3) is 0.667. The Hall–Kier alpha value is -0.910. The van der Waals surface area contributed by atoms with Crippen LogP contribution in [0.3, 0.4) is 0 Å². The number of thiophene rings is 1. The molecule has 0 bridgehead atoms. The number of amides is 1. The van der Waals surface area contributed by atoms with Crippen molar-refractivity contribution < 1.29 is 9.53 Å². The molecule has 0 saturated carbocycles. The normalized spacial score (nSPS) is 17.2. The van der Waals surface area contributed by atoms with Crippen LogP contribution in [0.15, 0.2) is 6.07 Å². The predicted octanol–water partition coefficient (Wildman–Crippen LogP) is 2.21. The Bertz CT molecular complexity index is 476. The highest BCUT2D eigenvalue weighted by Gasteiger charge is 2.28. The van der Waals surface area contributed by atoms with E-state index in [-0.39, 0.29) is 11.4 Å². The average molecular weight is 296 g/mol. The molecule has 1 aromatic rings. The fourth-order valence-electron chi connectivity index (χ4n) is 2.53. The van der Waals surface area contributed by atoms with E-state index in [1.54, 1.807) is 11.3 Å². The predicted molar refractivity (Wildman–Crippen MR) is 82.6 cm³/mol. The Morgan fingerprint density at radius 2 is 2.05 bits per heavy atom. The summed E-state index contributed by atoms with van der Waals surface area (Å²) in [4.78, 5) is 16.9. The molecule has 1 aromatic heterocycles. The van der Waals surface area contributed by atoms with Gasteiger partial charge in [0.25, 0.3) is 5.91 Å². The molecule has 5 heteroatoms. The lowest BCUT2D eigenvalue weighted by Gasteiger charge is -2.40. The number of aryl methyl sites for hydroxylation is 2. The van der Waals surface area contributed by atoms with E-state index in [1.807, 2.05) is 19.9 Å². The van der Waals surface area contributed by atoms with E-state index in [0.717, 1.165) is 36.7 Å². The topological polar surface area (TPSA) is 41.6 Å². The van der Waals surface area contributed by atoms with E-state index in [0.29, 0.717) is 6.54 Å². The first-order valence-corrected chi connectivity index (χ1v) is 7.90. The van der Waals surface area contributed by atoms with Crippen LogP contribution < -0.4 is 5.32 Å². The van der Waals surface area contributed by atoms with E-state index in [1.165, 1.54) is 4.88 Å². The molecule has 0 aromatic carbocycles. The van der Waals surface area contributed by atoms with Gasteiger partial charge in [-0.05, 0) is 33.8 Å². The second kappa shape index (κ2) is 6.24. The smallest absolute Gasteiger partial charge is 0.252 e. The van der Waals surface area contributed by atoms with E-state index in [4.69, 9.17) is 4.74 Å². The Kier molecular flexibility index (Phi) is 4.83. The molecule has 0 unspecified atom stereocenters. The molecule has 0 atom stereocenters. The number of rotatable bonds is 4. The summed E-state index contributed by atoms with van der Waals surface area (Å²) in [6, 6.07) is 1.97. The summed E-state index contributed by atoms with van der Waals surface area (Å²) in [5, 5.41) is 3.08. The highest BCUT2D eigenvalue weighted by molar-refractivity contribution is 7.12. The molecule has 0 spiro atoms. The zero-order valence-electron chi connectivity index (χ0n) is 12.8. The summed E-state index contributed by atoms with van der Waals surface area (Å²) in [5.41, 5.74) is 0.767. The van der Waals surface area contributed by atoms with Gasteiger partial charge in [0.2, 0.25) is 0 Å². The summed E-state index contributed by atoms with van der Waals surface area (Å²) in [5.74, 6) is 0.0354. The van der Waals surface area contributed by atoms with Crippen LogP contribution in [0, 0.1) is 13.8 Å².